The molecule has 1 aliphatic rings. The Hall–Kier alpha value is -1.56. The van der Waals surface area contributed by atoms with E-state index in [0.29, 0.717) is 12.8 Å². The van der Waals surface area contributed by atoms with Gasteiger partial charge in [-0.05, 0) is 18.9 Å². The molecule has 84 valence electrons. The maximum absolute atomic E-state index is 13.2. The second-order valence-corrected chi connectivity index (χ2v) is 4.20. The van der Waals surface area contributed by atoms with Crippen LogP contribution in [-0.2, 0) is 4.79 Å². The number of thiocarbonyl (C=S) groups is 1. The van der Waals surface area contributed by atoms with Crippen LogP contribution in [0.4, 0.5) is 10.1 Å². The van der Waals surface area contributed by atoms with Crippen molar-refractivity contribution in [1.82, 2.24) is 4.98 Å². The Bertz CT molecular complexity index is 459. The minimum absolute atomic E-state index is 0.0996. The summed E-state index contributed by atoms with van der Waals surface area (Å²) in [4.78, 5) is 15.6. The summed E-state index contributed by atoms with van der Waals surface area (Å²) >= 11 is 4.83. The number of nitrogens with zero attached hydrogens (tertiary/aromatic N) is 1. The Morgan fingerprint density at radius 1 is 1.62 bits per heavy atom. The Labute approximate surface area is 97.0 Å². The van der Waals surface area contributed by atoms with Gasteiger partial charge in [-0.1, -0.05) is 12.2 Å². The summed E-state index contributed by atoms with van der Waals surface area (Å²) in [5.41, 5.74) is 4.82. The zero-order valence-corrected chi connectivity index (χ0v) is 9.18. The maximum atomic E-state index is 13.2. The fourth-order valence-corrected chi connectivity index (χ4v) is 1.73. The van der Waals surface area contributed by atoms with Gasteiger partial charge in [0.05, 0.1) is 22.3 Å². The van der Waals surface area contributed by atoms with Gasteiger partial charge in [-0.15, -0.1) is 0 Å². The van der Waals surface area contributed by atoms with Gasteiger partial charge in [0.25, 0.3) is 0 Å². The molecule has 1 aliphatic carbocycles. The quantitative estimate of drug-likeness (QED) is 0.778. The Balaban J connectivity index is 2.15. The third-order valence-electron chi connectivity index (χ3n) is 2.68. The van der Waals surface area contributed by atoms with Crippen LogP contribution in [0.25, 0.3) is 0 Å². The van der Waals surface area contributed by atoms with Crippen molar-refractivity contribution in [3.63, 3.8) is 0 Å². The van der Waals surface area contributed by atoms with Gasteiger partial charge in [-0.3, -0.25) is 9.78 Å². The lowest BCUT2D eigenvalue weighted by Gasteiger charge is -2.13. The van der Waals surface area contributed by atoms with Gasteiger partial charge in [-0.25, -0.2) is 4.39 Å². The molecule has 6 heteroatoms. The predicted octanol–water partition coefficient (Wildman–Crippen LogP) is 1.23. The highest BCUT2D eigenvalue weighted by Crippen LogP contribution is 2.46. The van der Waals surface area contributed by atoms with E-state index < -0.39 is 11.2 Å². The highest BCUT2D eigenvalue weighted by atomic mass is 32.1. The van der Waals surface area contributed by atoms with Gasteiger partial charge in [0, 0.05) is 6.20 Å². The van der Waals surface area contributed by atoms with Crippen molar-refractivity contribution < 1.29 is 9.18 Å². The Kier molecular flexibility index (Phi) is 2.59. The summed E-state index contributed by atoms with van der Waals surface area (Å²) in [6.07, 6.45) is 3.69. The van der Waals surface area contributed by atoms with Crippen molar-refractivity contribution in [3.8, 4) is 0 Å². The summed E-state index contributed by atoms with van der Waals surface area (Å²) in [6, 6.07) is 1.39. The number of nitrogens with one attached hydrogen (secondary N) is 1. The zero-order chi connectivity index (χ0) is 11.8. The average Bonchev–Trinajstić information content (AvgIpc) is 3.02. The van der Waals surface area contributed by atoms with Crippen LogP contribution in [0, 0.1) is 11.2 Å². The molecule has 0 atom stereocenters. The number of nitrogens with two attached hydrogens (primary N) is 1. The Morgan fingerprint density at radius 2 is 2.31 bits per heavy atom. The standard InChI is InChI=1S/C10H10FN3OS/c11-6-5-13-4-1-7(6)14-9(15)10(2-3-10)8(12)16/h1,4-5H,2-3H2,(H2,12,16)(H,13,14,15). The van der Waals surface area contributed by atoms with E-state index in [4.69, 9.17) is 18.0 Å². The molecule has 16 heavy (non-hydrogen) atoms. The molecule has 4 nitrogen and oxygen atoms in total. The van der Waals surface area contributed by atoms with Crippen LogP contribution >= 0.6 is 12.2 Å². The van der Waals surface area contributed by atoms with E-state index in [2.05, 4.69) is 10.3 Å². The molecule has 1 heterocycles. The highest BCUT2D eigenvalue weighted by molar-refractivity contribution is 7.80. The van der Waals surface area contributed by atoms with Gasteiger partial charge in [-0.2, -0.15) is 0 Å². The number of amides is 1. The molecule has 3 N–H and O–H groups in total. The first-order chi connectivity index (χ1) is 7.56. The number of aromatic nitrogens is 1. The van der Waals surface area contributed by atoms with Gasteiger partial charge >= 0.3 is 0 Å². The number of halogens is 1. The molecule has 0 aromatic carbocycles. The number of hydrogen-bond donors (Lipinski definition) is 2. The van der Waals surface area contributed by atoms with Crippen LogP contribution in [0.3, 0.4) is 0 Å². The smallest absolute Gasteiger partial charge is 0.237 e. The molecule has 1 aromatic heterocycles. The van der Waals surface area contributed by atoms with E-state index in [-0.39, 0.29) is 16.6 Å². The number of hydrogen-bond acceptors (Lipinski definition) is 3. The predicted molar refractivity (Wildman–Crippen MR) is 61.3 cm³/mol. The third-order valence-corrected chi connectivity index (χ3v) is 3.07. The first-order valence-electron chi connectivity index (χ1n) is 4.77. The lowest BCUT2D eigenvalue weighted by atomic mass is 10.1. The summed E-state index contributed by atoms with van der Waals surface area (Å²) in [6.45, 7) is 0. The molecular formula is C10H10FN3OS. The first kappa shape index (κ1) is 10.9. The molecule has 0 bridgehead atoms. The van der Waals surface area contributed by atoms with Crippen molar-refractivity contribution in [2.24, 2.45) is 11.1 Å². The number of carbonyl (C=O) groups is 1. The van der Waals surface area contributed by atoms with Crippen molar-refractivity contribution in [2.75, 3.05) is 5.32 Å². The van der Waals surface area contributed by atoms with Crippen LogP contribution < -0.4 is 11.1 Å². The summed E-state index contributed by atoms with van der Waals surface area (Å²) in [5.74, 6) is -0.917. The lowest BCUT2D eigenvalue weighted by molar-refractivity contribution is -0.118. The topological polar surface area (TPSA) is 68.0 Å². The van der Waals surface area contributed by atoms with Crippen molar-refractivity contribution >= 4 is 28.8 Å². The molecule has 2 rings (SSSR count). The molecule has 1 aromatic rings. The van der Waals surface area contributed by atoms with E-state index in [1.807, 2.05) is 0 Å². The number of rotatable bonds is 3. The first-order valence-corrected chi connectivity index (χ1v) is 5.18. The van der Waals surface area contributed by atoms with E-state index >= 15 is 0 Å². The summed E-state index contributed by atoms with van der Waals surface area (Å²) in [5, 5.41) is 2.47. The largest absolute Gasteiger partial charge is 0.392 e. The van der Waals surface area contributed by atoms with Crippen LogP contribution in [0.2, 0.25) is 0 Å². The van der Waals surface area contributed by atoms with Crippen molar-refractivity contribution in [3.05, 3.63) is 24.3 Å². The van der Waals surface area contributed by atoms with Gasteiger partial charge in [0.15, 0.2) is 5.82 Å². The molecule has 1 saturated carbocycles. The fourth-order valence-electron chi connectivity index (χ4n) is 1.43. The van der Waals surface area contributed by atoms with E-state index in [1.54, 1.807) is 0 Å². The minimum Gasteiger partial charge on any atom is -0.392 e. The molecule has 1 fully saturated rings. The van der Waals surface area contributed by atoms with Gasteiger partial charge in [0.1, 0.15) is 0 Å². The molecule has 0 unspecified atom stereocenters. The van der Waals surface area contributed by atoms with Crippen molar-refractivity contribution in [1.29, 1.82) is 0 Å². The van der Waals surface area contributed by atoms with Gasteiger partial charge < -0.3 is 11.1 Å². The van der Waals surface area contributed by atoms with Crippen LogP contribution in [0.15, 0.2) is 18.5 Å². The molecular weight excluding hydrogens is 229 g/mol. The monoisotopic (exact) mass is 239 g/mol. The number of carbonyl (C=O) groups excluding carboxylic acids is 1. The third kappa shape index (κ3) is 1.76. The van der Waals surface area contributed by atoms with Crippen molar-refractivity contribution in [2.45, 2.75) is 12.8 Å². The number of anilines is 1. The summed E-state index contributed by atoms with van der Waals surface area (Å²) < 4.78 is 13.2. The number of pyridine rings is 1. The molecule has 1 amide bonds. The second-order valence-electron chi connectivity index (χ2n) is 3.76. The van der Waals surface area contributed by atoms with Crippen LogP contribution in [0.1, 0.15) is 12.8 Å². The minimum atomic E-state index is -0.773. The average molecular weight is 239 g/mol. The van der Waals surface area contributed by atoms with Crippen LogP contribution in [0.5, 0.6) is 0 Å². The Morgan fingerprint density at radius 3 is 2.81 bits per heavy atom. The highest BCUT2D eigenvalue weighted by Gasteiger charge is 2.52. The van der Waals surface area contributed by atoms with Crippen LogP contribution in [-0.4, -0.2) is 15.9 Å². The van der Waals surface area contributed by atoms with E-state index in [1.165, 1.54) is 12.3 Å². The maximum Gasteiger partial charge on any atom is 0.237 e. The molecule has 0 saturated heterocycles. The zero-order valence-electron chi connectivity index (χ0n) is 8.37. The van der Waals surface area contributed by atoms with E-state index in [0.717, 1.165) is 6.20 Å². The second kappa shape index (κ2) is 3.79. The normalized spacial score (nSPS) is 16.6. The van der Waals surface area contributed by atoms with E-state index in [9.17, 15) is 9.18 Å². The lowest BCUT2D eigenvalue weighted by Crippen LogP contribution is -2.35. The SMILES string of the molecule is NC(=S)C1(C(=O)Nc2ccncc2F)CC1. The molecule has 0 spiro atoms. The fraction of sp³-hybridized carbons (Fsp3) is 0.300. The van der Waals surface area contributed by atoms with Gasteiger partial charge in [0.2, 0.25) is 5.91 Å². The molecule has 0 aliphatic heterocycles. The summed E-state index contributed by atoms with van der Waals surface area (Å²) in [7, 11) is 0. The molecule has 0 radical (unpaired) electrons.